The molecule has 0 amide bonds. The molecule has 0 bridgehead atoms. The van der Waals surface area contributed by atoms with Gasteiger partial charge in [-0.3, -0.25) is 4.79 Å². The van der Waals surface area contributed by atoms with E-state index in [1.807, 2.05) is 25.2 Å². The number of carbonyl (C=O) groups is 1. The minimum atomic E-state index is -0.0833. The standard InChI is InChI=1S/C37H58O3/c1-8-9-10-11-12-13-14-15-16-17-18-19-20-25-37(38)40-29-31(3)24-22-21-23-30(2)26-27-35-32(4)28-36(39-7)34(6)33(35)5/h21-24,26-28H,8-20,25,29H2,1-7H3/b22-21+,27-26+,30-23+,31-24+. The zero-order valence-electron chi connectivity index (χ0n) is 26.9. The van der Waals surface area contributed by atoms with Crippen molar-refractivity contribution in [2.45, 2.75) is 131 Å². The highest BCUT2D eigenvalue weighted by Crippen LogP contribution is 2.28. The molecule has 40 heavy (non-hydrogen) atoms. The van der Waals surface area contributed by atoms with Gasteiger partial charge < -0.3 is 9.47 Å². The molecule has 0 saturated carbocycles. The van der Waals surface area contributed by atoms with Crippen molar-refractivity contribution in [2.24, 2.45) is 0 Å². The molecule has 1 rings (SSSR count). The second-order valence-electron chi connectivity index (χ2n) is 11.4. The van der Waals surface area contributed by atoms with E-state index in [1.54, 1.807) is 7.11 Å². The van der Waals surface area contributed by atoms with E-state index < -0.39 is 0 Å². The van der Waals surface area contributed by atoms with Gasteiger partial charge in [-0.25, -0.2) is 0 Å². The van der Waals surface area contributed by atoms with Crippen LogP contribution in [-0.4, -0.2) is 19.7 Å². The van der Waals surface area contributed by atoms with Gasteiger partial charge in [0.2, 0.25) is 0 Å². The summed E-state index contributed by atoms with van der Waals surface area (Å²) in [6.07, 6.45) is 30.0. The fourth-order valence-electron chi connectivity index (χ4n) is 4.83. The number of hydrogen-bond donors (Lipinski definition) is 0. The lowest BCUT2D eigenvalue weighted by atomic mass is 9.96. The fraction of sp³-hybridized carbons (Fsp3) is 0.595. The summed E-state index contributed by atoms with van der Waals surface area (Å²) >= 11 is 0. The molecule has 224 valence electrons. The number of hydrogen-bond acceptors (Lipinski definition) is 3. The molecule has 0 saturated heterocycles. The normalized spacial score (nSPS) is 12.6. The van der Waals surface area contributed by atoms with E-state index in [4.69, 9.17) is 9.47 Å². The predicted molar refractivity (Wildman–Crippen MR) is 174 cm³/mol. The second-order valence-corrected chi connectivity index (χ2v) is 11.4. The molecule has 0 unspecified atom stereocenters. The van der Waals surface area contributed by atoms with Gasteiger partial charge in [0, 0.05) is 6.42 Å². The van der Waals surface area contributed by atoms with Crippen LogP contribution >= 0.6 is 0 Å². The summed E-state index contributed by atoms with van der Waals surface area (Å²) < 4.78 is 10.9. The molecule has 0 heterocycles. The lowest BCUT2D eigenvalue weighted by molar-refractivity contribution is -0.142. The zero-order valence-corrected chi connectivity index (χ0v) is 26.9. The van der Waals surface area contributed by atoms with Crippen molar-refractivity contribution in [1.29, 1.82) is 0 Å². The average molecular weight is 551 g/mol. The van der Waals surface area contributed by atoms with Gasteiger partial charge in [0.15, 0.2) is 0 Å². The van der Waals surface area contributed by atoms with Gasteiger partial charge in [0.1, 0.15) is 12.4 Å². The van der Waals surface area contributed by atoms with E-state index in [0.717, 1.165) is 24.2 Å². The summed E-state index contributed by atoms with van der Waals surface area (Å²) in [5.74, 6) is 0.856. The Balaban J connectivity index is 2.22. The lowest BCUT2D eigenvalue weighted by Gasteiger charge is -2.13. The Morgan fingerprint density at radius 2 is 1.32 bits per heavy atom. The van der Waals surface area contributed by atoms with Gasteiger partial charge in [-0.05, 0) is 74.9 Å². The SMILES string of the molecule is CCCCCCCCCCCCCCCC(=O)OC/C(C)=C/C=C/C=C(C)/C=C/c1c(C)cc(OC)c(C)c1C. The maximum atomic E-state index is 12.1. The van der Waals surface area contributed by atoms with E-state index in [-0.39, 0.29) is 5.97 Å². The highest BCUT2D eigenvalue weighted by molar-refractivity contribution is 5.69. The minimum absolute atomic E-state index is 0.0833. The van der Waals surface area contributed by atoms with E-state index in [2.05, 4.69) is 58.9 Å². The number of unbranched alkanes of at least 4 members (excludes halogenated alkanes) is 12. The second kappa shape index (κ2) is 22.2. The van der Waals surface area contributed by atoms with Crippen molar-refractivity contribution < 1.29 is 14.3 Å². The molecule has 3 heteroatoms. The maximum Gasteiger partial charge on any atom is 0.306 e. The van der Waals surface area contributed by atoms with Gasteiger partial charge in [-0.1, -0.05) is 126 Å². The third-order valence-corrected chi connectivity index (χ3v) is 7.64. The molecule has 1 aromatic carbocycles. The largest absolute Gasteiger partial charge is 0.496 e. The van der Waals surface area contributed by atoms with Crippen molar-refractivity contribution in [1.82, 2.24) is 0 Å². The Hall–Kier alpha value is -2.55. The lowest BCUT2D eigenvalue weighted by Crippen LogP contribution is -2.06. The van der Waals surface area contributed by atoms with Crippen molar-refractivity contribution in [3.05, 3.63) is 69.8 Å². The smallest absolute Gasteiger partial charge is 0.306 e. The number of aryl methyl sites for hydroxylation is 1. The van der Waals surface area contributed by atoms with Gasteiger partial charge >= 0.3 is 5.97 Å². The van der Waals surface area contributed by atoms with Crippen LogP contribution in [0.5, 0.6) is 5.75 Å². The third-order valence-electron chi connectivity index (χ3n) is 7.64. The summed E-state index contributed by atoms with van der Waals surface area (Å²) in [5, 5.41) is 0. The van der Waals surface area contributed by atoms with E-state index in [1.165, 1.54) is 98.5 Å². The van der Waals surface area contributed by atoms with Crippen molar-refractivity contribution in [2.75, 3.05) is 13.7 Å². The molecule has 3 nitrogen and oxygen atoms in total. The first-order valence-corrected chi connectivity index (χ1v) is 15.8. The number of methoxy groups -OCH3 is 1. The first-order chi connectivity index (χ1) is 19.3. The molecule has 0 aromatic heterocycles. The van der Waals surface area contributed by atoms with Crippen molar-refractivity contribution in [3.8, 4) is 5.75 Å². The highest BCUT2D eigenvalue weighted by Gasteiger charge is 2.08. The summed E-state index contributed by atoms with van der Waals surface area (Å²) in [4.78, 5) is 12.1. The average Bonchev–Trinajstić information content (AvgIpc) is 2.94. The molecule has 0 aliphatic carbocycles. The quantitative estimate of drug-likeness (QED) is 0.0867. The summed E-state index contributed by atoms with van der Waals surface area (Å²) in [5.41, 5.74) is 7.09. The van der Waals surface area contributed by atoms with Crippen LogP contribution in [0.3, 0.4) is 0 Å². The molecule has 0 aliphatic rings. The molecule has 1 aromatic rings. The number of allylic oxidation sites excluding steroid dienone is 6. The van der Waals surface area contributed by atoms with Crippen LogP contribution in [0.15, 0.2) is 47.6 Å². The molecule has 0 atom stereocenters. The topological polar surface area (TPSA) is 35.5 Å². The molecular weight excluding hydrogens is 492 g/mol. The number of carbonyl (C=O) groups excluding carboxylic acids is 1. The van der Waals surface area contributed by atoms with E-state index in [9.17, 15) is 4.79 Å². The van der Waals surface area contributed by atoms with Crippen molar-refractivity contribution >= 4 is 12.0 Å². The zero-order chi connectivity index (χ0) is 29.6. The first-order valence-electron chi connectivity index (χ1n) is 15.8. The van der Waals surface area contributed by atoms with Crippen LogP contribution in [-0.2, 0) is 9.53 Å². The summed E-state index contributed by atoms with van der Waals surface area (Å²) in [7, 11) is 1.72. The van der Waals surface area contributed by atoms with Crippen LogP contribution in [0.1, 0.15) is 133 Å². The Bertz CT molecular complexity index is 978. The molecule has 0 radical (unpaired) electrons. The third kappa shape index (κ3) is 15.9. The van der Waals surface area contributed by atoms with Crippen LogP contribution in [0.2, 0.25) is 0 Å². The fourth-order valence-corrected chi connectivity index (χ4v) is 4.83. The number of esters is 1. The highest BCUT2D eigenvalue weighted by atomic mass is 16.5. The predicted octanol–water partition coefficient (Wildman–Crippen LogP) is 11.1. The number of ether oxygens (including phenoxy) is 2. The van der Waals surface area contributed by atoms with Gasteiger partial charge in [0.05, 0.1) is 7.11 Å². The van der Waals surface area contributed by atoms with E-state index in [0.29, 0.717) is 13.0 Å². The Kier molecular flexibility index (Phi) is 19.7. The van der Waals surface area contributed by atoms with Gasteiger partial charge in [-0.2, -0.15) is 0 Å². The van der Waals surface area contributed by atoms with Crippen LogP contribution < -0.4 is 4.74 Å². The molecular formula is C37H58O3. The van der Waals surface area contributed by atoms with Crippen LogP contribution in [0.25, 0.3) is 6.08 Å². The molecule has 0 fully saturated rings. The minimum Gasteiger partial charge on any atom is -0.496 e. The Morgan fingerprint density at radius 3 is 1.90 bits per heavy atom. The summed E-state index contributed by atoms with van der Waals surface area (Å²) in [6, 6.07) is 2.10. The summed E-state index contributed by atoms with van der Waals surface area (Å²) in [6.45, 7) is 13.1. The monoisotopic (exact) mass is 550 g/mol. The molecule has 0 N–H and O–H groups in total. The Labute approximate surface area is 246 Å². The van der Waals surface area contributed by atoms with E-state index >= 15 is 0 Å². The van der Waals surface area contributed by atoms with Crippen molar-refractivity contribution in [3.63, 3.8) is 0 Å². The van der Waals surface area contributed by atoms with Gasteiger partial charge in [-0.15, -0.1) is 0 Å². The number of rotatable bonds is 21. The molecule has 0 aliphatic heterocycles. The Morgan fingerprint density at radius 1 is 0.775 bits per heavy atom. The van der Waals surface area contributed by atoms with Crippen LogP contribution in [0.4, 0.5) is 0 Å². The molecule has 0 spiro atoms. The first kappa shape index (κ1) is 35.5. The number of benzene rings is 1. The van der Waals surface area contributed by atoms with Crippen LogP contribution in [0, 0.1) is 20.8 Å². The van der Waals surface area contributed by atoms with Gasteiger partial charge in [0.25, 0.3) is 0 Å². The maximum absolute atomic E-state index is 12.1.